The summed E-state index contributed by atoms with van der Waals surface area (Å²) in [5.74, 6) is -0.803. The van der Waals surface area contributed by atoms with Gasteiger partial charge in [-0.1, -0.05) is 11.2 Å². The molecular formula is C17H12F4N6O. The molecule has 0 aliphatic heterocycles. The SMILES string of the molecule is Cn1cc(Cc2noc(-c3cnn(-c4cccc(F)c4)c3C(F)(F)F)n2)cn1. The lowest BCUT2D eigenvalue weighted by Crippen LogP contribution is -2.14. The van der Waals surface area contributed by atoms with Gasteiger partial charge < -0.3 is 4.52 Å². The van der Waals surface area contributed by atoms with Crippen molar-refractivity contribution in [2.24, 2.45) is 7.05 Å². The monoisotopic (exact) mass is 392 g/mol. The van der Waals surface area contributed by atoms with Crippen LogP contribution in [0.3, 0.4) is 0 Å². The van der Waals surface area contributed by atoms with Gasteiger partial charge in [-0.15, -0.1) is 0 Å². The first kappa shape index (κ1) is 17.9. The minimum absolute atomic E-state index is 0.0753. The fourth-order valence-corrected chi connectivity index (χ4v) is 2.76. The Kier molecular flexibility index (Phi) is 4.21. The molecule has 0 saturated carbocycles. The molecule has 0 aliphatic carbocycles. The normalized spacial score (nSPS) is 11.9. The van der Waals surface area contributed by atoms with Gasteiger partial charge in [0.15, 0.2) is 11.5 Å². The van der Waals surface area contributed by atoms with E-state index in [1.165, 1.54) is 12.1 Å². The highest BCUT2D eigenvalue weighted by molar-refractivity contribution is 5.58. The van der Waals surface area contributed by atoms with Crippen molar-refractivity contribution in [3.63, 3.8) is 0 Å². The van der Waals surface area contributed by atoms with E-state index in [1.807, 2.05) is 0 Å². The Hall–Kier alpha value is -3.50. The maximum atomic E-state index is 13.7. The van der Waals surface area contributed by atoms with E-state index in [4.69, 9.17) is 4.52 Å². The Balaban J connectivity index is 1.74. The first-order valence-electron chi connectivity index (χ1n) is 8.03. The number of hydrogen-bond acceptors (Lipinski definition) is 5. The molecule has 0 fully saturated rings. The van der Waals surface area contributed by atoms with Crippen molar-refractivity contribution in [3.05, 3.63) is 65.8 Å². The second kappa shape index (κ2) is 6.59. The Bertz CT molecular complexity index is 1130. The lowest BCUT2D eigenvalue weighted by atomic mass is 10.2. The molecule has 28 heavy (non-hydrogen) atoms. The van der Waals surface area contributed by atoms with E-state index in [2.05, 4.69) is 20.3 Å². The predicted octanol–water partition coefficient (Wildman–Crippen LogP) is 3.40. The summed E-state index contributed by atoms with van der Waals surface area (Å²) in [5, 5.41) is 11.5. The van der Waals surface area contributed by atoms with E-state index in [-0.39, 0.29) is 29.4 Å². The molecule has 0 atom stereocenters. The lowest BCUT2D eigenvalue weighted by molar-refractivity contribution is -0.142. The molecule has 4 aromatic rings. The summed E-state index contributed by atoms with van der Waals surface area (Å²) in [6.45, 7) is 0. The summed E-state index contributed by atoms with van der Waals surface area (Å²) < 4.78 is 61.8. The van der Waals surface area contributed by atoms with Crippen molar-refractivity contribution in [1.82, 2.24) is 29.7 Å². The number of alkyl halides is 3. The van der Waals surface area contributed by atoms with Crippen molar-refractivity contribution in [1.29, 1.82) is 0 Å². The molecular weight excluding hydrogens is 380 g/mol. The maximum absolute atomic E-state index is 13.7. The first-order chi connectivity index (χ1) is 13.3. The molecule has 7 nitrogen and oxygen atoms in total. The number of aromatic nitrogens is 6. The third-order valence-corrected chi connectivity index (χ3v) is 3.91. The van der Waals surface area contributed by atoms with Gasteiger partial charge in [0.25, 0.3) is 5.89 Å². The van der Waals surface area contributed by atoms with Crippen molar-refractivity contribution in [2.75, 3.05) is 0 Å². The average molecular weight is 392 g/mol. The minimum Gasteiger partial charge on any atom is -0.334 e. The van der Waals surface area contributed by atoms with Crippen LogP contribution in [0.25, 0.3) is 17.1 Å². The molecule has 144 valence electrons. The van der Waals surface area contributed by atoms with Crippen LogP contribution in [0.4, 0.5) is 17.6 Å². The van der Waals surface area contributed by atoms with Crippen LogP contribution in [-0.4, -0.2) is 29.7 Å². The molecule has 0 radical (unpaired) electrons. The average Bonchev–Trinajstić information content (AvgIpc) is 3.34. The van der Waals surface area contributed by atoms with E-state index in [1.54, 1.807) is 24.1 Å². The van der Waals surface area contributed by atoms with Crippen molar-refractivity contribution < 1.29 is 22.1 Å². The summed E-state index contributed by atoms with van der Waals surface area (Å²) >= 11 is 0. The number of rotatable bonds is 4. The summed E-state index contributed by atoms with van der Waals surface area (Å²) in [6, 6.07) is 4.69. The number of aryl methyl sites for hydroxylation is 1. The van der Waals surface area contributed by atoms with Crippen LogP contribution in [0.2, 0.25) is 0 Å². The highest BCUT2D eigenvalue weighted by atomic mass is 19.4. The van der Waals surface area contributed by atoms with Crippen LogP contribution in [0.1, 0.15) is 17.1 Å². The molecule has 3 heterocycles. The second-order valence-corrected chi connectivity index (χ2v) is 6.01. The van der Waals surface area contributed by atoms with Gasteiger partial charge in [-0.25, -0.2) is 9.07 Å². The van der Waals surface area contributed by atoms with Crippen molar-refractivity contribution >= 4 is 0 Å². The topological polar surface area (TPSA) is 74.6 Å². The van der Waals surface area contributed by atoms with E-state index in [0.717, 1.165) is 23.9 Å². The Morgan fingerprint density at radius 1 is 1.14 bits per heavy atom. The third-order valence-electron chi connectivity index (χ3n) is 3.91. The number of nitrogens with zero attached hydrogens (tertiary/aromatic N) is 6. The van der Waals surface area contributed by atoms with Gasteiger partial charge in [0.2, 0.25) is 0 Å². The van der Waals surface area contributed by atoms with Gasteiger partial charge in [-0.05, 0) is 23.8 Å². The number of benzene rings is 1. The van der Waals surface area contributed by atoms with Gasteiger partial charge in [0.1, 0.15) is 5.82 Å². The fraction of sp³-hybridized carbons (Fsp3) is 0.176. The highest BCUT2D eigenvalue weighted by Crippen LogP contribution is 2.38. The van der Waals surface area contributed by atoms with Gasteiger partial charge in [0, 0.05) is 19.7 Å². The summed E-state index contributed by atoms with van der Waals surface area (Å²) in [6.07, 6.45) is -0.236. The summed E-state index contributed by atoms with van der Waals surface area (Å²) in [4.78, 5) is 4.04. The van der Waals surface area contributed by atoms with Crippen LogP contribution in [0.5, 0.6) is 0 Å². The van der Waals surface area contributed by atoms with Gasteiger partial charge in [-0.3, -0.25) is 4.68 Å². The maximum Gasteiger partial charge on any atom is 0.434 e. The first-order valence-corrected chi connectivity index (χ1v) is 8.03. The Labute approximate surface area is 155 Å². The quantitative estimate of drug-likeness (QED) is 0.498. The molecule has 0 unspecified atom stereocenters. The third kappa shape index (κ3) is 3.38. The minimum atomic E-state index is -4.78. The van der Waals surface area contributed by atoms with Crippen LogP contribution >= 0.6 is 0 Å². The molecule has 0 N–H and O–H groups in total. The number of halogens is 4. The van der Waals surface area contributed by atoms with E-state index in [9.17, 15) is 17.6 Å². The van der Waals surface area contributed by atoms with E-state index < -0.39 is 17.7 Å². The predicted molar refractivity (Wildman–Crippen MR) is 87.8 cm³/mol. The van der Waals surface area contributed by atoms with Crippen molar-refractivity contribution in [3.8, 4) is 17.1 Å². The molecule has 0 saturated heterocycles. The standard InChI is InChI=1S/C17H12F4N6O/c1-26-9-10(7-22-26)5-14-24-16(28-25-14)13-8-23-27(15(13)17(19,20)21)12-4-2-3-11(18)6-12/h2-4,6-9H,5H2,1H3. The highest BCUT2D eigenvalue weighted by Gasteiger charge is 2.40. The van der Waals surface area contributed by atoms with E-state index in [0.29, 0.717) is 4.68 Å². The zero-order chi connectivity index (χ0) is 19.9. The van der Waals surface area contributed by atoms with Gasteiger partial charge in [-0.2, -0.15) is 28.4 Å². The molecule has 11 heteroatoms. The molecule has 3 aromatic heterocycles. The van der Waals surface area contributed by atoms with E-state index >= 15 is 0 Å². The smallest absolute Gasteiger partial charge is 0.334 e. The van der Waals surface area contributed by atoms with Crippen LogP contribution in [0, 0.1) is 5.82 Å². The molecule has 0 amide bonds. The zero-order valence-electron chi connectivity index (χ0n) is 14.4. The van der Waals surface area contributed by atoms with Gasteiger partial charge in [0.05, 0.1) is 23.6 Å². The summed E-state index contributed by atoms with van der Waals surface area (Å²) in [5.41, 5.74) is -0.814. The fourth-order valence-electron chi connectivity index (χ4n) is 2.76. The molecule has 4 rings (SSSR count). The Morgan fingerprint density at radius 2 is 1.96 bits per heavy atom. The van der Waals surface area contributed by atoms with Crippen LogP contribution in [-0.2, 0) is 19.6 Å². The van der Waals surface area contributed by atoms with Gasteiger partial charge >= 0.3 is 6.18 Å². The van der Waals surface area contributed by atoms with Crippen LogP contribution < -0.4 is 0 Å². The second-order valence-electron chi connectivity index (χ2n) is 6.01. The van der Waals surface area contributed by atoms with Crippen molar-refractivity contribution in [2.45, 2.75) is 12.6 Å². The summed E-state index contributed by atoms with van der Waals surface area (Å²) in [7, 11) is 1.74. The Morgan fingerprint density at radius 3 is 2.64 bits per heavy atom. The molecule has 0 aliphatic rings. The number of hydrogen-bond donors (Lipinski definition) is 0. The molecule has 0 spiro atoms. The molecule has 0 bridgehead atoms. The molecule has 1 aromatic carbocycles. The largest absolute Gasteiger partial charge is 0.434 e. The zero-order valence-corrected chi connectivity index (χ0v) is 14.4. The lowest BCUT2D eigenvalue weighted by Gasteiger charge is -2.11. The van der Waals surface area contributed by atoms with Crippen LogP contribution in [0.15, 0.2) is 47.4 Å².